The van der Waals surface area contributed by atoms with Crippen molar-refractivity contribution in [2.45, 2.75) is 12.8 Å². The molecule has 11 heavy (non-hydrogen) atoms. The van der Waals surface area contributed by atoms with E-state index in [2.05, 4.69) is 10.8 Å². The second-order valence-corrected chi connectivity index (χ2v) is 2.67. The quantitative estimate of drug-likeness (QED) is 0.374. The second-order valence-electron chi connectivity index (χ2n) is 1.86. The molecule has 3 nitrogen and oxygen atoms in total. The van der Waals surface area contributed by atoms with Crippen LogP contribution in [0.2, 0.25) is 0 Å². The average Bonchev–Trinajstić information content (AvgIpc) is 2.04. The number of aliphatic hydroxyl groups excluding tert-OH is 1. The lowest BCUT2D eigenvalue weighted by molar-refractivity contribution is -0.127. The molecule has 0 heterocycles. The van der Waals surface area contributed by atoms with Gasteiger partial charge >= 0.3 is 5.97 Å². The highest BCUT2D eigenvalue weighted by molar-refractivity contribution is 7.95. The zero-order valence-corrected chi connectivity index (χ0v) is 7.10. The third-order valence-electron chi connectivity index (χ3n) is 0.944. The van der Waals surface area contributed by atoms with E-state index >= 15 is 0 Å². The van der Waals surface area contributed by atoms with E-state index in [0.29, 0.717) is 0 Å². The molecule has 0 saturated heterocycles. The van der Waals surface area contributed by atoms with Crippen LogP contribution in [0, 0.1) is 0 Å². The van der Waals surface area contributed by atoms with Gasteiger partial charge in [0.25, 0.3) is 0 Å². The van der Waals surface area contributed by atoms with E-state index in [4.69, 9.17) is 5.11 Å². The summed E-state index contributed by atoms with van der Waals surface area (Å²) < 4.78 is 4.62. The van der Waals surface area contributed by atoms with Crippen LogP contribution >= 0.6 is 12.0 Å². The van der Waals surface area contributed by atoms with E-state index in [1.165, 1.54) is 0 Å². The molecule has 1 N–H and O–H groups in total. The molecule has 0 aliphatic heterocycles. The summed E-state index contributed by atoms with van der Waals surface area (Å²) in [6.45, 7) is 3.44. The Labute approximate surface area is 70.6 Å². The molecule has 0 atom stereocenters. The van der Waals surface area contributed by atoms with Crippen LogP contribution in [0.1, 0.15) is 12.8 Å². The molecule has 0 aromatic carbocycles. The Morgan fingerprint density at radius 3 is 2.91 bits per heavy atom. The van der Waals surface area contributed by atoms with E-state index in [-0.39, 0.29) is 6.61 Å². The molecule has 0 aromatic heterocycles. The Morgan fingerprint density at radius 2 is 2.36 bits per heavy atom. The fourth-order valence-corrected chi connectivity index (χ4v) is 0.996. The van der Waals surface area contributed by atoms with Gasteiger partial charge in [-0.05, 0) is 12.8 Å². The minimum atomic E-state index is -0.418. The first kappa shape index (κ1) is 10.5. The van der Waals surface area contributed by atoms with Crippen molar-refractivity contribution in [3.8, 4) is 0 Å². The van der Waals surface area contributed by atoms with Crippen LogP contribution in [-0.4, -0.2) is 23.4 Å². The van der Waals surface area contributed by atoms with Crippen LogP contribution in [0.15, 0.2) is 12.7 Å². The Bertz CT molecular complexity index is 125. The van der Waals surface area contributed by atoms with Crippen molar-refractivity contribution in [2.24, 2.45) is 0 Å². The molecule has 64 valence electrons. The fourth-order valence-electron chi connectivity index (χ4n) is 0.407. The molecule has 0 amide bonds. The van der Waals surface area contributed by atoms with Crippen LogP contribution in [0.3, 0.4) is 0 Å². The van der Waals surface area contributed by atoms with E-state index in [1.54, 1.807) is 0 Å². The van der Waals surface area contributed by atoms with Crippen LogP contribution in [0.5, 0.6) is 0 Å². The molecular formula is C7H12O3S. The molecule has 4 heteroatoms. The lowest BCUT2D eigenvalue weighted by Gasteiger charge is -1.97. The van der Waals surface area contributed by atoms with Crippen molar-refractivity contribution in [1.29, 1.82) is 0 Å². The number of hydrogen-bond acceptors (Lipinski definition) is 4. The molecular weight excluding hydrogens is 164 g/mol. The first-order chi connectivity index (χ1) is 5.31. The van der Waals surface area contributed by atoms with Crippen LogP contribution in [-0.2, 0) is 8.98 Å². The smallest absolute Gasteiger partial charge is 0.342 e. The number of unbranched alkanes of at least 4 members (excludes halogenated alkanes) is 1. The van der Waals surface area contributed by atoms with E-state index < -0.39 is 5.97 Å². The molecule has 0 aliphatic rings. The third kappa shape index (κ3) is 7.42. The predicted molar refractivity (Wildman–Crippen MR) is 45.1 cm³/mol. The minimum Gasteiger partial charge on any atom is -0.396 e. The number of carbonyl (C=O) groups excluding carboxylic acids is 1. The maximum absolute atomic E-state index is 10.4. The molecule has 0 radical (unpaired) electrons. The lowest BCUT2D eigenvalue weighted by atomic mass is 10.4. The fraction of sp³-hybridized carbons (Fsp3) is 0.571. The third-order valence-corrected chi connectivity index (χ3v) is 1.68. The normalized spacial score (nSPS) is 9.18. The SMILES string of the molecule is C=CC(=O)OSCCCCO. The largest absolute Gasteiger partial charge is 0.396 e. The molecule has 0 aromatic rings. The summed E-state index contributed by atoms with van der Waals surface area (Å²) in [6, 6.07) is 0. The van der Waals surface area contributed by atoms with Gasteiger partial charge < -0.3 is 9.29 Å². The summed E-state index contributed by atoms with van der Waals surface area (Å²) in [5.74, 6) is 0.305. The van der Waals surface area contributed by atoms with Crippen molar-refractivity contribution in [3.05, 3.63) is 12.7 Å². The van der Waals surface area contributed by atoms with Gasteiger partial charge in [0, 0.05) is 18.4 Å². The highest BCUT2D eigenvalue weighted by atomic mass is 32.2. The molecule has 0 rings (SSSR count). The zero-order chi connectivity index (χ0) is 8.53. The number of hydrogen-bond donors (Lipinski definition) is 1. The summed E-state index contributed by atoms with van der Waals surface area (Å²) in [5.41, 5.74) is 0. The maximum Gasteiger partial charge on any atom is 0.342 e. The number of carbonyl (C=O) groups is 1. The Hall–Kier alpha value is -0.480. The van der Waals surface area contributed by atoms with Gasteiger partial charge in [0.05, 0.1) is 12.0 Å². The topological polar surface area (TPSA) is 46.5 Å². The van der Waals surface area contributed by atoms with Gasteiger partial charge in [-0.15, -0.1) is 0 Å². The van der Waals surface area contributed by atoms with Gasteiger partial charge in [-0.3, -0.25) is 0 Å². The summed E-state index contributed by atoms with van der Waals surface area (Å²) in [4.78, 5) is 10.4. The van der Waals surface area contributed by atoms with Crippen molar-refractivity contribution >= 4 is 18.0 Å². The molecule has 0 saturated carbocycles. The average molecular weight is 176 g/mol. The standard InChI is InChI=1S/C7H12O3S/c1-2-7(9)10-11-6-4-3-5-8/h2,8H,1,3-6H2. The van der Waals surface area contributed by atoms with Crippen LogP contribution in [0.4, 0.5) is 0 Å². The summed E-state index contributed by atoms with van der Waals surface area (Å²) in [5, 5.41) is 8.39. The van der Waals surface area contributed by atoms with Gasteiger partial charge in [-0.2, -0.15) is 0 Å². The van der Waals surface area contributed by atoms with Crippen molar-refractivity contribution in [2.75, 3.05) is 12.4 Å². The van der Waals surface area contributed by atoms with Crippen molar-refractivity contribution < 1.29 is 14.1 Å². The van der Waals surface area contributed by atoms with Crippen molar-refractivity contribution in [3.63, 3.8) is 0 Å². The summed E-state index contributed by atoms with van der Waals surface area (Å²) in [7, 11) is 0. The highest BCUT2D eigenvalue weighted by Crippen LogP contribution is 2.06. The van der Waals surface area contributed by atoms with Crippen LogP contribution < -0.4 is 0 Å². The van der Waals surface area contributed by atoms with Gasteiger partial charge in [-0.25, -0.2) is 4.79 Å². The Balaban J connectivity index is 3.01. The highest BCUT2D eigenvalue weighted by Gasteiger charge is 1.95. The van der Waals surface area contributed by atoms with Gasteiger partial charge in [0.15, 0.2) is 0 Å². The monoisotopic (exact) mass is 176 g/mol. The molecule has 0 spiro atoms. The molecule has 0 unspecified atom stereocenters. The van der Waals surface area contributed by atoms with Gasteiger partial charge in [0.2, 0.25) is 0 Å². The van der Waals surface area contributed by atoms with Crippen molar-refractivity contribution in [1.82, 2.24) is 0 Å². The summed E-state index contributed by atoms with van der Waals surface area (Å²) >= 11 is 1.09. The van der Waals surface area contributed by atoms with E-state index in [1.807, 2.05) is 0 Å². The molecule has 0 bridgehead atoms. The Kier molecular flexibility index (Phi) is 7.29. The van der Waals surface area contributed by atoms with E-state index in [0.717, 1.165) is 36.7 Å². The predicted octanol–water partition coefficient (Wildman–Crippen LogP) is 1.14. The van der Waals surface area contributed by atoms with Gasteiger partial charge in [-0.1, -0.05) is 6.58 Å². The number of rotatable bonds is 6. The summed E-state index contributed by atoms with van der Waals surface area (Å²) in [6.07, 6.45) is 2.73. The molecule has 0 aliphatic carbocycles. The number of aliphatic hydroxyl groups is 1. The first-order valence-corrected chi connectivity index (χ1v) is 4.29. The van der Waals surface area contributed by atoms with E-state index in [9.17, 15) is 4.79 Å². The Morgan fingerprint density at radius 1 is 1.64 bits per heavy atom. The van der Waals surface area contributed by atoms with Crippen LogP contribution in [0.25, 0.3) is 0 Å². The second kappa shape index (κ2) is 7.63. The van der Waals surface area contributed by atoms with Gasteiger partial charge in [0.1, 0.15) is 0 Å². The first-order valence-electron chi connectivity index (χ1n) is 3.38. The molecule has 0 fully saturated rings. The zero-order valence-electron chi connectivity index (χ0n) is 6.28. The lowest BCUT2D eigenvalue weighted by Crippen LogP contribution is -1.93. The minimum absolute atomic E-state index is 0.190. The maximum atomic E-state index is 10.4.